The molecule has 6 heteroatoms. The van der Waals surface area contributed by atoms with E-state index in [1.165, 1.54) is 10.6 Å². The minimum absolute atomic E-state index is 0.0618. The van der Waals surface area contributed by atoms with Crippen LogP contribution < -0.4 is 5.56 Å². The van der Waals surface area contributed by atoms with Gasteiger partial charge in [0.05, 0.1) is 17.7 Å². The van der Waals surface area contributed by atoms with E-state index >= 15 is 0 Å². The van der Waals surface area contributed by atoms with Crippen LogP contribution in [0.3, 0.4) is 0 Å². The quantitative estimate of drug-likeness (QED) is 0.801. The van der Waals surface area contributed by atoms with Crippen LogP contribution in [0.25, 0.3) is 5.69 Å². The third-order valence-electron chi connectivity index (χ3n) is 3.99. The summed E-state index contributed by atoms with van der Waals surface area (Å²) in [5.74, 6) is -0.772. The summed E-state index contributed by atoms with van der Waals surface area (Å²) >= 11 is 5.90. The molecule has 124 valence electrons. The van der Waals surface area contributed by atoms with Gasteiger partial charge in [-0.3, -0.25) is 14.2 Å². The number of benzene rings is 1. The number of ketones is 1. The summed E-state index contributed by atoms with van der Waals surface area (Å²) in [6, 6.07) is 7.98. The zero-order valence-corrected chi connectivity index (χ0v) is 13.9. The first-order chi connectivity index (χ1) is 11.5. The largest absolute Gasteiger partial charge is 0.462 e. The van der Waals surface area contributed by atoms with Gasteiger partial charge in [0.2, 0.25) is 0 Å². The van der Waals surface area contributed by atoms with E-state index < -0.39 is 5.97 Å². The van der Waals surface area contributed by atoms with E-state index in [0.29, 0.717) is 41.2 Å². The molecular weight excluding hydrogens is 330 g/mol. The van der Waals surface area contributed by atoms with Gasteiger partial charge in [-0.2, -0.15) is 0 Å². The number of ether oxygens (including phenoxy) is 1. The molecule has 0 radical (unpaired) electrons. The predicted octanol–water partition coefficient (Wildman–Crippen LogP) is 3.19. The van der Waals surface area contributed by atoms with Crippen molar-refractivity contribution in [3.8, 4) is 5.69 Å². The highest BCUT2D eigenvalue weighted by Crippen LogP contribution is 2.26. The first-order valence-corrected chi connectivity index (χ1v) is 8.16. The molecule has 0 bridgehead atoms. The summed E-state index contributed by atoms with van der Waals surface area (Å²) in [5.41, 5.74) is 1.17. The Morgan fingerprint density at radius 3 is 2.58 bits per heavy atom. The van der Waals surface area contributed by atoms with E-state index in [1.54, 1.807) is 31.2 Å². The number of hydrogen-bond donors (Lipinski definition) is 0. The summed E-state index contributed by atoms with van der Waals surface area (Å²) < 4.78 is 6.48. The zero-order valence-electron chi connectivity index (χ0n) is 13.2. The lowest BCUT2D eigenvalue weighted by atomic mass is 9.90. The monoisotopic (exact) mass is 345 g/mol. The van der Waals surface area contributed by atoms with E-state index in [1.807, 2.05) is 0 Å². The lowest BCUT2D eigenvalue weighted by molar-refractivity contribution is 0.0522. The van der Waals surface area contributed by atoms with Crippen molar-refractivity contribution < 1.29 is 14.3 Å². The van der Waals surface area contributed by atoms with Crippen LogP contribution in [0.5, 0.6) is 0 Å². The summed E-state index contributed by atoms with van der Waals surface area (Å²) in [7, 11) is 0. The molecule has 0 amide bonds. The lowest BCUT2D eigenvalue weighted by Crippen LogP contribution is -2.30. The fourth-order valence-electron chi connectivity index (χ4n) is 2.99. The molecular formula is C18H16ClNO4. The minimum Gasteiger partial charge on any atom is -0.462 e. The van der Waals surface area contributed by atoms with Gasteiger partial charge in [0.1, 0.15) is 0 Å². The normalized spacial score (nSPS) is 13.5. The fraction of sp³-hybridized carbons (Fsp3) is 0.278. The first kappa shape index (κ1) is 16.5. The number of carbonyl (C=O) groups excluding carboxylic acids is 2. The number of nitrogens with zero attached hydrogens (tertiary/aromatic N) is 1. The van der Waals surface area contributed by atoms with Crippen LogP contribution in [0.2, 0.25) is 5.02 Å². The highest BCUT2D eigenvalue weighted by Gasteiger charge is 2.28. The maximum absolute atomic E-state index is 12.6. The van der Waals surface area contributed by atoms with E-state index in [0.717, 1.165) is 0 Å². The number of carbonyl (C=O) groups is 2. The lowest BCUT2D eigenvalue weighted by Gasteiger charge is -2.22. The van der Waals surface area contributed by atoms with Gasteiger partial charge in [-0.25, -0.2) is 4.79 Å². The number of hydrogen-bond acceptors (Lipinski definition) is 4. The second-order valence-electron chi connectivity index (χ2n) is 5.53. The molecule has 3 rings (SSSR count). The fourth-order valence-corrected chi connectivity index (χ4v) is 3.12. The van der Waals surface area contributed by atoms with E-state index in [4.69, 9.17) is 16.3 Å². The van der Waals surface area contributed by atoms with E-state index in [2.05, 4.69) is 0 Å². The van der Waals surface area contributed by atoms with Gasteiger partial charge in [0.15, 0.2) is 5.78 Å². The number of aromatic nitrogens is 1. The van der Waals surface area contributed by atoms with Gasteiger partial charge in [0, 0.05) is 28.9 Å². The number of esters is 1. The molecule has 24 heavy (non-hydrogen) atoms. The molecule has 1 aromatic heterocycles. The molecule has 1 aliphatic rings. The Labute approximate surface area is 143 Å². The Morgan fingerprint density at radius 1 is 1.21 bits per heavy atom. The molecule has 0 aliphatic heterocycles. The molecule has 5 nitrogen and oxygen atoms in total. The number of halogens is 1. The second kappa shape index (κ2) is 6.61. The van der Waals surface area contributed by atoms with Gasteiger partial charge in [-0.05, 0) is 44.0 Å². The smallest absolute Gasteiger partial charge is 0.339 e. The van der Waals surface area contributed by atoms with E-state index in [-0.39, 0.29) is 23.5 Å². The maximum Gasteiger partial charge on any atom is 0.339 e. The first-order valence-electron chi connectivity index (χ1n) is 7.78. The second-order valence-corrected chi connectivity index (χ2v) is 5.96. The molecule has 0 saturated heterocycles. The Kier molecular flexibility index (Phi) is 4.53. The molecule has 0 fully saturated rings. The third-order valence-corrected chi connectivity index (χ3v) is 4.24. The van der Waals surface area contributed by atoms with Crippen LogP contribution in [-0.4, -0.2) is 22.9 Å². The number of fused-ring (bicyclic) bond motifs is 1. The van der Waals surface area contributed by atoms with E-state index in [9.17, 15) is 14.4 Å². The van der Waals surface area contributed by atoms with Gasteiger partial charge in [-0.1, -0.05) is 11.6 Å². The van der Waals surface area contributed by atoms with Gasteiger partial charge < -0.3 is 4.74 Å². The van der Waals surface area contributed by atoms with Crippen molar-refractivity contribution in [2.24, 2.45) is 0 Å². The Bertz CT molecular complexity index is 868. The van der Waals surface area contributed by atoms with Crippen LogP contribution in [0.1, 0.15) is 46.2 Å². The minimum atomic E-state index is -0.635. The molecule has 2 aromatic rings. The van der Waals surface area contributed by atoms with Crippen molar-refractivity contribution >= 4 is 23.4 Å². The number of rotatable bonds is 3. The third kappa shape index (κ3) is 2.87. The Balaban J connectivity index is 2.27. The molecule has 1 aromatic carbocycles. The average Bonchev–Trinajstić information content (AvgIpc) is 2.56. The summed E-state index contributed by atoms with van der Waals surface area (Å²) in [6.45, 7) is 1.86. The molecule has 1 aliphatic carbocycles. The van der Waals surface area contributed by atoms with Gasteiger partial charge in [-0.15, -0.1) is 0 Å². The van der Waals surface area contributed by atoms with Crippen molar-refractivity contribution in [1.29, 1.82) is 0 Å². The van der Waals surface area contributed by atoms with Gasteiger partial charge in [0.25, 0.3) is 5.56 Å². The van der Waals surface area contributed by atoms with Crippen LogP contribution in [0.4, 0.5) is 0 Å². The summed E-state index contributed by atoms with van der Waals surface area (Å²) in [4.78, 5) is 37.2. The van der Waals surface area contributed by atoms with Crippen molar-refractivity contribution in [1.82, 2.24) is 4.57 Å². The SMILES string of the molecule is CCOC(=O)c1cc(=O)n(-c2ccc(Cl)cc2)c2c1C(=O)CCC2. The van der Waals surface area contributed by atoms with Crippen LogP contribution >= 0.6 is 11.6 Å². The number of pyridine rings is 1. The zero-order chi connectivity index (χ0) is 17.3. The highest BCUT2D eigenvalue weighted by molar-refractivity contribution is 6.30. The van der Waals surface area contributed by atoms with Gasteiger partial charge >= 0.3 is 5.97 Å². The Morgan fingerprint density at radius 2 is 1.92 bits per heavy atom. The predicted molar refractivity (Wildman–Crippen MR) is 90.3 cm³/mol. The van der Waals surface area contributed by atoms with Crippen molar-refractivity contribution in [3.63, 3.8) is 0 Å². The standard InChI is InChI=1S/C18H16ClNO4/c1-2-24-18(23)13-10-16(22)20(12-8-6-11(19)7-9-12)14-4-3-5-15(21)17(13)14/h6-10H,2-5H2,1H3. The topological polar surface area (TPSA) is 65.4 Å². The van der Waals surface area contributed by atoms with Crippen molar-refractivity contribution in [3.05, 3.63) is 62.5 Å². The maximum atomic E-state index is 12.6. The molecule has 0 N–H and O–H groups in total. The molecule has 0 saturated carbocycles. The summed E-state index contributed by atoms with van der Waals surface area (Å²) in [6.07, 6.45) is 1.55. The van der Waals surface area contributed by atoms with Crippen LogP contribution in [-0.2, 0) is 11.2 Å². The molecule has 1 heterocycles. The molecule has 0 spiro atoms. The van der Waals surface area contributed by atoms with Crippen molar-refractivity contribution in [2.45, 2.75) is 26.2 Å². The molecule has 0 unspecified atom stereocenters. The van der Waals surface area contributed by atoms with Crippen LogP contribution in [0.15, 0.2) is 35.1 Å². The number of Topliss-reactive ketones (excluding diaryl/α,β-unsaturated/α-hetero) is 1. The Hall–Kier alpha value is -2.40. The van der Waals surface area contributed by atoms with Crippen LogP contribution in [0, 0.1) is 0 Å². The van der Waals surface area contributed by atoms with Crippen molar-refractivity contribution in [2.75, 3.05) is 6.61 Å². The molecule has 0 atom stereocenters. The average molecular weight is 346 g/mol. The summed E-state index contributed by atoms with van der Waals surface area (Å²) in [5, 5.41) is 0.555. The highest BCUT2D eigenvalue weighted by atomic mass is 35.5.